The summed E-state index contributed by atoms with van der Waals surface area (Å²) in [5, 5.41) is 8.76. The molecule has 0 heterocycles. The molecule has 0 aliphatic heterocycles. The van der Waals surface area contributed by atoms with Crippen molar-refractivity contribution in [2.75, 3.05) is 0 Å². The van der Waals surface area contributed by atoms with Gasteiger partial charge < -0.3 is 5.11 Å². The van der Waals surface area contributed by atoms with Crippen LogP contribution < -0.4 is 0 Å². The normalized spacial score (nSPS) is 13.8. The molecule has 3 nitrogen and oxygen atoms in total. The Balaban J connectivity index is 2.64. The lowest BCUT2D eigenvalue weighted by Crippen LogP contribution is -1.97. The molecule has 0 atom stereocenters. The molecule has 1 aliphatic carbocycles. The third-order valence-corrected chi connectivity index (χ3v) is 1.99. The van der Waals surface area contributed by atoms with Gasteiger partial charge >= 0.3 is 5.97 Å². The van der Waals surface area contributed by atoms with Gasteiger partial charge in [0.2, 0.25) is 0 Å². The van der Waals surface area contributed by atoms with Crippen LogP contribution in [0.4, 0.5) is 0 Å². The number of ketones is 1. The number of carboxylic acids is 1. The summed E-state index contributed by atoms with van der Waals surface area (Å²) in [6.45, 7) is 0. The zero-order chi connectivity index (χ0) is 9.42. The summed E-state index contributed by atoms with van der Waals surface area (Å²) < 4.78 is 0. The number of allylic oxidation sites excluding steroid dienone is 1. The van der Waals surface area contributed by atoms with E-state index in [0.717, 1.165) is 6.08 Å². The van der Waals surface area contributed by atoms with E-state index in [2.05, 4.69) is 0 Å². The minimum atomic E-state index is -1.06. The monoisotopic (exact) mass is 174 g/mol. The van der Waals surface area contributed by atoms with Crippen molar-refractivity contribution < 1.29 is 14.7 Å². The number of carboxylic acid groups (broad SMARTS) is 1. The molecule has 0 amide bonds. The fourth-order valence-electron chi connectivity index (χ4n) is 1.40. The summed E-state index contributed by atoms with van der Waals surface area (Å²) in [6.07, 6.45) is 1.16. The van der Waals surface area contributed by atoms with Crippen LogP contribution in [0, 0.1) is 0 Å². The molecule has 0 unspecified atom stereocenters. The molecular formula is C10H6O3. The molecule has 0 saturated carbocycles. The van der Waals surface area contributed by atoms with Gasteiger partial charge in [-0.3, -0.25) is 4.79 Å². The van der Waals surface area contributed by atoms with E-state index in [4.69, 9.17) is 5.11 Å². The first-order chi connectivity index (χ1) is 6.20. The Morgan fingerprint density at radius 3 is 2.38 bits per heavy atom. The SMILES string of the molecule is O=C(O)C1=CC(=O)c2ccccc21. The summed E-state index contributed by atoms with van der Waals surface area (Å²) >= 11 is 0. The fourth-order valence-corrected chi connectivity index (χ4v) is 1.40. The highest BCUT2D eigenvalue weighted by molar-refractivity contribution is 6.30. The molecule has 1 N–H and O–H groups in total. The number of benzene rings is 1. The predicted octanol–water partition coefficient (Wildman–Crippen LogP) is 1.35. The van der Waals surface area contributed by atoms with Crippen LogP contribution >= 0.6 is 0 Å². The van der Waals surface area contributed by atoms with Gasteiger partial charge in [0.1, 0.15) is 0 Å². The molecule has 0 bridgehead atoms. The Morgan fingerprint density at radius 2 is 1.77 bits per heavy atom. The highest BCUT2D eigenvalue weighted by atomic mass is 16.4. The molecule has 1 aromatic rings. The van der Waals surface area contributed by atoms with Crippen molar-refractivity contribution in [2.24, 2.45) is 0 Å². The van der Waals surface area contributed by atoms with Crippen LogP contribution in [0.5, 0.6) is 0 Å². The molecule has 2 rings (SSSR count). The van der Waals surface area contributed by atoms with E-state index >= 15 is 0 Å². The van der Waals surface area contributed by atoms with Crippen molar-refractivity contribution in [1.29, 1.82) is 0 Å². The molecule has 0 fully saturated rings. The van der Waals surface area contributed by atoms with Gasteiger partial charge in [-0.25, -0.2) is 4.79 Å². The van der Waals surface area contributed by atoms with Crippen molar-refractivity contribution in [3.63, 3.8) is 0 Å². The summed E-state index contributed by atoms with van der Waals surface area (Å²) in [4.78, 5) is 21.9. The zero-order valence-electron chi connectivity index (χ0n) is 6.65. The Morgan fingerprint density at radius 1 is 1.15 bits per heavy atom. The van der Waals surface area contributed by atoms with Gasteiger partial charge in [0.15, 0.2) is 5.78 Å². The standard InChI is InChI=1S/C10H6O3/c11-9-5-8(10(12)13)6-3-1-2-4-7(6)9/h1-5H,(H,12,13). The fraction of sp³-hybridized carbons (Fsp3) is 0. The number of aliphatic carboxylic acids is 1. The summed E-state index contributed by atoms with van der Waals surface area (Å²) in [5.74, 6) is -1.29. The molecule has 0 spiro atoms. The van der Waals surface area contributed by atoms with Crippen LogP contribution in [0.15, 0.2) is 30.3 Å². The van der Waals surface area contributed by atoms with Crippen LogP contribution in [0.3, 0.4) is 0 Å². The number of carbonyl (C=O) groups excluding carboxylic acids is 1. The third-order valence-electron chi connectivity index (χ3n) is 1.99. The number of carbonyl (C=O) groups is 2. The van der Waals surface area contributed by atoms with Gasteiger partial charge in [-0.15, -0.1) is 0 Å². The van der Waals surface area contributed by atoms with E-state index < -0.39 is 5.97 Å². The summed E-state index contributed by atoms with van der Waals surface area (Å²) in [6, 6.07) is 6.70. The van der Waals surface area contributed by atoms with Crippen LogP contribution in [0.2, 0.25) is 0 Å². The Bertz CT molecular complexity index is 430. The van der Waals surface area contributed by atoms with Gasteiger partial charge in [-0.05, 0) is 0 Å². The molecule has 0 saturated heterocycles. The molecule has 0 radical (unpaired) electrons. The van der Waals surface area contributed by atoms with Gasteiger partial charge in [0.05, 0.1) is 5.57 Å². The van der Waals surface area contributed by atoms with E-state index in [-0.39, 0.29) is 11.4 Å². The number of hydrogen-bond acceptors (Lipinski definition) is 2. The molecule has 0 aromatic heterocycles. The Hall–Kier alpha value is -1.90. The van der Waals surface area contributed by atoms with E-state index in [9.17, 15) is 9.59 Å². The van der Waals surface area contributed by atoms with E-state index in [1.165, 1.54) is 0 Å². The molecule has 1 aliphatic rings. The first-order valence-electron chi connectivity index (χ1n) is 3.79. The van der Waals surface area contributed by atoms with Gasteiger partial charge in [0, 0.05) is 17.2 Å². The first-order valence-corrected chi connectivity index (χ1v) is 3.79. The largest absolute Gasteiger partial charge is 0.478 e. The minimum Gasteiger partial charge on any atom is -0.478 e. The number of hydrogen-bond donors (Lipinski definition) is 1. The van der Waals surface area contributed by atoms with Crippen LogP contribution in [-0.4, -0.2) is 16.9 Å². The summed E-state index contributed by atoms with van der Waals surface area (Å²) in [5.41, 5.74) is 1.07. The van der Waals surface area contributed by atoms with E-state index in [1.807, 2.05) is 0 Å². The lowest BCUT2D eigenvalue weighted by Gasteiger charge is -1.97. The van der Waals surface area contributed by atoms with Crippen molar-refractivity contribution in [2.45, 2.75) is 0 Å². The lowest BCUT2D eigenvalue weighted by atomic mass is 10.1. The van der Waals surface area contributed by atoms with Crippen molar-refractivity contribution in [3.8, 4) is 0 Å². The quantitative estimate of drug-likeness (QED) is 0.699. The average Bonchev–Trinajstić information content (AvgIpc) is 2.45. The van der Waals surface area contributed by atoms with E-state index in [0.29, 0.717) is 11.1 Å². The molecule has 3 heteroatoms. The highest BCUT2D eigenvalue weighted by Crippen LogP contribution is 2.26. The van der Waals surface area contributed by atoms with Crippen molar-refractivity contribution >= 4 is 17.3 Å². The first kappa shape index (κ1) is 7.73. The maximum Gasteiger partial charge on any atom is 0.336 e. The minimum absolute atomic E-state index is 0.0839. The predicted molar refractivity (Wildman–Crippen MR) is 46.4 cm³/mol. The molecule has 13 heavy (non-hydrogen) atoms. The highest BCUT2D eigenvalue weighted by Gasteiger charge is 2.24. The molecule has 64 valence electrons. The average molecular weight is 174 g/mol. The lowest BCUT2D eigenvalue weighted by molar-refractivity contribution is -0.130. The van der Waals surface area contributed by atoms with Crippen LogP contribution in [0.25, 0.3) is 5.57 Å². The van der Waals surface area contributed by atoms with E-state index in [1.54, 1.807) is 24.3 Å². The molecule has 1 aromatic carbocycles. The van der Waals surface area contributed by atoms with Gasteiger partial charge in [-0.1, -0.05) is 24.3 Å². The number of fused-ring (bicyclic) bond motifs is 1. The van der Waals surface area contributed by atoms with Crippen molar-refractivity contribution in [1.82, 2.24) is 0 Å². The second-order valence-corrected chi connectivity index (χ2v) is 2.77. The van der Waals surface area contributed by atoms with Crippen molar-refractivity contribution in [3.05, 3.63) is 41.5 Å². The van der Waals surface area contributed by atoms with Gasteiger partial charge in [0.25, 0.3) is 0 Å². The second kappa shape index (κ2) is 2.55. The summed E-state index contributed by atoms with van der Waals surface area (Å²) in [7, 11) is 0. The maximum atomic E-state index is 11.2. The van der Waals surface area contributed by atoms with Gasteiger partial charge in [-0.2, -0.15) is 0 Å². The Labute approximate surface area is 74.3 Å². The topological polar surface area (TPSA) is 54.4 Å². The maximum absolute atomic E-state index is 11.2. The number of rotatable bonds is 1. The second-order valence-electron chi connectivity index (χ2n) is 2.77. The smallest absolute Gasteiger partial charge is 0.336 e. The van der Waals surface area contributed by atoms with Crippen LogP contribution in [-0.2, 0) is 4.79 Å². The molecular weight excluding hydrogens is 168 g/mol. The van der Waals surface area contributed by atoms with Crippen LogP contribution in [0.1, 0.15) is 15.9 Å². The Kier molecular flexibility index (Phi) is 1.52. The zero-order valence-corrected chi connectivity index (χ0v) is 6.65. The third kappa shape index (κ3) is 1.05.